The number of nitrogens with zero attached hydrogens (tertiary/aromatic N) is 1. The van der Waals surface area contributed by atoms with Crippen LogP contribution in [0.4, 0.5) is 0 Å². The number of carbonyl (C=O) groups is 2. The zero-order valence-electron chi connectivity index (χ0n) is 18.1. The number of carbonyl (C=O) groups excluding carboxylic acids is 2. The highest BCUT2D eigenvalue weighted by molar-refractivity contribution is 7.89. The molecule has 11 heteroatoms. The van der Waals surface area contributed by atoms with Crippen molar-refractivity contribution in [3.05, 3.63) is 64.3 Å². The minimum Gasteiger partial charge on any atom is -0.495 e. The maximum atomic E-state index is 13.2. The van der Waals surface area contributed by atoms with Crippen LogP contribution in [0.25, 0.3) is 10.9 Å². The maximum Gasteiger partial charge on any atom is 0.268 e. The summed E-state index contributed by atoms with van der Waals surface area (Å²) in [5.41, 5.74) is 1.34. The van der Waals surface area contributed by atoms with Gasteiger partial charge in [-0.1, -0.05) is 23.7 Å². The number of methoxy groups -OCH3 is 1. The molecule has 0 atom stereocenters. The average Bonchev–Trinajstić information content (AvgIpc) is 3.07. The van der Waals surface area contributed by atoms with Crippen molar-refractivity contribution in [1.82, 2.24) is 14.6 Å². The largest absolute Gasteiger partial charge is 0.495 e. The highest BCUT2D eigenvalue weighted by Crippen LogP contribution is 2.35. The van der Waals surface area contributed by atoms with E-state index < -0.39 is 21.5 Å². The molecule has 0 unspecified atom stereocenters. The Hall–Kier alpha value is -3.08. The number of fused-ring (bicyclic) bond motifs is 1. The lowest BCUT2D eigenvalue weighted by molar-refractivity contribution is -0.0734. The number of halogens is 1. The van der Waals surface area contributed by atoms with Crippen molar-refractivity contribution in [3.63, 3.8) is 0 Å². The Labute approximate surface area is 195 Å². The van der Waals surface area contributed by atoms with Gasteiger partial charge in [0.25, 0.3) is 11.8 Å². The van der Waals surface area contributed by atoms with E-state index in [1.54, 1.807) is 35.9 Å². The van der Waals surface area contributed by atoms with Gasteiger partial charge >= 0.3 is 0 Å². The Morgan fingerprint density at radius 3 is 2.33 bits per heavy atom. The molecule has 0 bridgehead atoms. The van der Waals surface area contributed by atoms with E-state index in [0.29, 0.717) is 21.9 Å². The van der Waals surface area contributed by atoms with Crippen LogP contribution in [0, 0.1) is 0 Å². The van der Waals surface area contributed by atoms with Crippen molar-refractivity contribution in [2.75, 3.05) is 26.6 Å². The summed E-state index contributed by atoms with van der Waals surface area (Å²) in [6.07, 6.45) is 0.908. The molecule has 9 nitrogen and oxygen atoms in total. The second kappa shape index (κ2) is 8.36. The molecule has 1 fully saturated rings. The smallest absolute Gasteiger partial charge is 0.268 e. The molecule has 0 radical (unpaired) electrons. The van der Waals surface area contributed by atoms with Gasteiger partial charge in [0.05, 0.1) is 37.1 Å². The molecule has 2 aromatic carbocycles. The Balaban J connectivity index is 1.60. The molecule has 174 valence electrons. The van der Waals surface area contributed by atoms with Gasteiger partial charge < -0.3 is 19.4 Å². The van der Waals surface area contributed by atoms with Crippen LogP contribution in [-0.4, -0.2) is 51.4 Å². The van der Waals surface area contributed by atoms with Crippen molar-refractivity contribution in [3.8, 4) is 5.75 Å². The average molecular weight is 492 g/mol. The number of nitrogens with one attached hydrogen (secondary N) is 2. The number of hydrogen-bond donors (Lipinski definition) is 2. The van der Waals surface area contributed by atoms with Crippen molar-refractivity contribution in [1.29, 1.82) is 0 Å². The summed E-state index contributed by atoms with van der Waals surface area (Å²) in [5.74, 6) is -0.522. The first-order valence-electron chi connectivity index (χ1n) is 9.89. The summed E-state index contributed by atoms with van der Waals surface area (Å²) in [6, 6.07) is 11.6. The fourth-order valence-corrected chi connectivity index (χ4v) is 4.54. The summed E-state index contributed by atoms with van der Waals surface area (Å²) in [4.78, 5) is 25.3. The van der Waals surface area contributed by atoms with Gasteiger partial charge in [0.1, 0.15) is 17.0 Å². The molecule has 1 aromatic heterocycles. The third-order valence-corrected chi connectivity index (χ3v) is 6.55. The SMILES string of the molecule is COc1ccc2c(cc(C(=O)NC3(c4ccc(C(=O)NS(C)(=O)=O)cc4)COC3)n2C)c1Cl. The molecule has 33 heavy (non-hydrogen) atoms. The van der Waals surface area contributed by atoms with E-state index in [2.05, 4.69) is 5.32 Å². The van der Waals surface area contributed by atoms with Crippen LogP contribution in [0.3, 0.4) is 0 Å². The molecule has 1 aliphatic heterocycles. The number of hydrogen-bond acceptors (Lipinski definition) is 6. The fraction of sp³-hybridized carbons (Fsp3) is 0.273. The minimum absolute atomic E-state index is 0.183. The molecule has 2 heterocycles. The van der Waals surface area contributed by atoms with E-state index in [0.717, 1.165) is 17.3 Å². The van der Waals surface area contributed by atoms with Crippen LogP contribution in [0.15, 0.2) is 42.5 Å². The van der Waals surface area contributed by atoms with Crippen molar-refractivity contribution >= 4 is 44.3 Å². The van der Waals surface area contributed by atoms with Crippen molar-refractivity contribution in [2.24, 2.45) is 7.05 Å². The van der Waals surface area contributed by atoms with E-state index in [9.17, 15) is 18.0 Å². The van der Waals surface area contributed by atoms with Gasteiger partial charge in [0, 0.05) is 18.0 Å². The van der Waals surface area contributed by atoms with Gasteiger partial charge in [-0.15, -0.1) is 0 Å². The summed E-state index contributed by atoms with van der Waals surface area (Å²) < 4.78 is 36.9. The van der Waals surface area contributed by atoms with Crippen LogP contribution < -0.4 is 14.8 Å². The van der Waals surface area contributed by atoms with Gasteiger partial charge in [-0.25, -0.2) is 13.1 Å². The number of aryl methyl sites for hydroxylation is 1. The van der Waals surface area contributed by atoms with Gasteiger partial charge in [0.15, 0.2) is 0 Å². The predicted octanol–water partition coefficient (Wildman–Crippen LogP) is 2.19. The summed E-state index contributed by atoms with van der Waals surface area (Å²) >= 11 is 6.42. The second-order valence-corrected chi connectivity index (χ2v) is 10.0. The number of ether oxygens (including phenoxy) is 2. The minimum atomic E-state index is -3.67. The van der Waals surface area contributed by atoms with Gasteiger partial charge in [-0.05, 0) is 35.9 Å². The molecule has 4 rings (SSSR count). The van der Waals surface area contributed by atoms with Crippen molar-refractivity contribution < 1.29 is 27.5 Å². The predicted molar refractivity (Wildman–Crippen MR) is 123 cm³/mol. The first-order valence-corrected chi connectivity index (χ1v) is 12.2. The topological polar surface area (TPSA) is 116 Å². The Kier molecular flexibility index (Phi) is 5.85. The number of rotatable bonds is 6. The zero-order chi connectivity index (χ0) is 24.0. The molecule has 3 aromatic rings. The fourth-order valence-electron chi connectivity index (χ4n) is 3.80. The van der Waals surface area contributed by atoms with E-state index in [4.69, 9.17) is 21.1 Å². The van der Waals surface area contributed by atoms with Crippen LogP contribution in [0.5, 0.6) is 5.75 Å². The molecule has 0 spiro atoms. The molecule has 1 saturated heterocycles. The van der Waals surface area contributed by atoms with Gasteiger partial charge in [0.2, 0.25) is 10.0 Å². The third kappa shape index (κ3) is 4.29. The summed E-state index contributed by atoms with van der Waals surface area (Å²) in [5, 5.41) is 4.17. The number of aromatic nitrogens is 1. The number of amides is 2. The molecule has 2 amide bonds. The monoisotopic (exact) mass is 491 g/mol. The van der Waals surface area contributed by atoms with E-state index in [1.807, 2.05) is 10.8 Å². The third-order valence-electron chi connectivity index (χ3n) is 5.61. The maximum absolute atomic E-state index is 13.2. The van der Waals surface area contributed by atoms with Gasteiger partial charge in [-0.2, -0.15) is 0 Å². The highest BCUT2D eigenvalue weighted by atomic mass is 35.5. The lowest BCUT2D eigenvalue weighted by Gasteiger charge is -2.42. The molecular weight excluding hydrogens is 470 g/mol. The number of sulfonamides is 1. The molecule has 2 N–H and O–H groups in total. The van der Waals surface area contributed by atoms with E-state index in [-0.39, 0.29) is 24.7 Å². The van der Waals surface area contributed by atoms with Crippen LogP contribution in [-0.2, 0) is 27.3 Å². The van der Waals surface area contributed by atoms with Crippen LogP contribution >= 0.6 is 11.6 Å². The zero-order valence-corrected chi connectivity index (χ0v) is 19.7. The Morgan fingerprint density at radius 2 is 1.79 bits per heavy atom. The lowest BCUT2D eigenvalue weighted by Crippen LogP contribution is -2.59. The number of benzene rings is 2. The van der Waals surface area contributed by atoms with Crippen LogP contribution in [0.1, 0.15) is 26.4 Å². The second-order valence-electron chi connectivity index (χ2n) is 7.91. The molecule has 0 saturated carbocycles. The molecular formula is C22H22ClN3O6S. The first kappa shape index (κ1) is 23.1. The summed E-state index contributed by atoms with van der Waals surface area (Å²) in [6.45, 7) is 0.512. The molecule has 0 aliphatic carbocycles. The normalized spacial score (nSPS) is 15.0. The van der Waals surface area contributed by atoms with E-state index >= 15 is 0 Å². The Bertz CT molecular complexity index is 1360. The van der Waals surface area contributed by atoms with Crippen LogP contribution in [0.2, 0.25) is 5.02 Å². The summed E-state index contributed by atoms with van der Waals surface area (Å²) in [7, 11) is -0.364. The highest BCUT2D eigenvalue weighted by Gasteiger charge is 2.42. The standard InChI is InChI=1S/C22H22ClN3O6S/c1-26-16-8-9-18(31-2)19(23)15(16)10-17(26)21(28)24-22(11-32-12-22)14-6-4-13(5-7-14)20(27)25-33(3,29)30/h4-10H,11-12H2,1-3H3,(H,24,28)(H,25,27). The van der Waals surface area contributed by atoms with Crippen molar-refractivity contribution in [2.45, 2.75) is 5.54 Å². The van der Waals surface area contributed by atoms with E-state index in [1.165, 1.54) is 19.2 Å². The Morgan fingerprint density at radius 1 is 1.12 bits per heavy atom. The molecule has 1 aliphatic rings. The quantitative estimate of drug-likeness (QED) is 0.546. The first-order chi connectivity index (χ1) is 15.5. The lowest BCUT2D eigenvalue weighted by atomic mass is 9.87. The van der Waals surface area contributed by atoms with Gasteiger partial charge in [-0.3, -0.25) is 9.59 Å².